The van der Waals surface area contributed by atoms with Crippen molar-refractivity contribution in [2.24, 2.45) is 5.73 Å². The van der Waals surface area contributed by atoms with Crippen LogP contribution in [0.3, 0.4) is 0 Å². The second kappa shape index (κ2) is 7.01. The fourth-order valence-corrected chi connectivity index (χ4v) is 3.11. The second-order valence-electron chi connectivity index (χ2n) is 5.95. The van der Waals surface area contributed by atoms with Crippen molar-refractivity contribution in [3.63, 3.8) is 0 Å². The number of imidazole rings is 2. The number of amides is 1. The SMILES string of the molecule is NC(=O)c1cnc2ccc(-c3c(-c4ccc(F)c(Cl)c4)ncn3CCF)nn12. The van der Waals surface area contributed by atoms with Crippen molar-refractivity contribution in [3.8, 4) is 22.6 Å². The van der Waals surface area contributed by atoms with Gasteiger partial charge in [0.05, 0.1) is 35.5 Å². The number of hydrogen-bond donors (Lipinski definition) is 1. The molecule has 0 saturated carbocycles. The van der Waals surface area contributed by atoms with Gasteiger partial charge in [-0.05, 0) is 30.3 Å². The van der Waals surface area contributed by atoms with Crippen LogP contribution in [0.1, 0.15) is 10.5 Å². The molecule has 10 heteroatoms. The van der Waals surface area contributed by atoms with E-state index in [1.54, 1.807) is 16.7 Å². The molecule has 0 bridgehead atoms. The number of carbonyl (C=O) groups is 1. The van der Waals surface area contributed by atoms with Gasteiger partial charge in [0.25, 0.3) is 5.91 Å². The van der Waals surface area contributed by atoms with Gasteiger partial charge in [-0.2, -0.15) is 5.10 Å². The maximum atomic E-state index is 13.5. The van der Waals surface area contributed by atoms with Crippen LogP contribution in [0.5, 0.6) is 0 Å². The van der Waals surface area contributed by atoms with Crippen molar-refractivity contribution in [1.29, 1.82) is 0 Å². The lowest BCUT2D eigenvalue weighted by Gasteiger charge is -2.09. The molecule has 3 aromatic heterocycles. The van der Waals surface area contributed by atoms with Gasteiger partial charge in [-0.15, -0.1) is 0 Å². The minimum atomic E-state index is -0.681. The average molecular weight is 403 g/mol. The van der Waals surface area contributed by atoms with Crippen molar-refractivity contribution in [2.75, 3.05) is 6.67 Å². The van der Waals surface area contributed by atoms with E-state index in [4.69, 9.17) is 17.3 Å². The number of alkyl halides is 1. The van der Waals surface area contributed by atoms with Gasteiger partial charge < -0.3 is 10.3 Å². The highest BCUT2D eigenvalue weighted by Crippen LogP contribution is 2.32. The van der Waals surface area contributed by atoms with Crippen LogP contribution in [0.15, 0.2) is 42.9 Å². The number of aromatic nitrogens is 5. The lowest BCUT2D eigenvalue weighted by Crippen LogP contribution is -2.15. The maximum absolute atomic E-state index is 13.5. The van der Waals surface area contributed by atoms with Crippen LogP contribution in [0, 0.1) is 5.82 Å². The molecule has 0 aliphatic rings. The van der Waals surface area contributed by atoms with Crippen LogP contribution in [0.25, 0.3) is 28.3 Å². The van der Waals surface area contributed by atoms with Gasteiger partial charge in [0, 0.05) is 5.56 Å². The quantitative estimate of drug-likeness (QED) is 0.555. The van der Waals surface area contributed by atoms with Gasteiger partial charge in [0.2, 0.25) is 0 Å². The fourth-order valence-electron chi connectivity index (χ4n) is 2.93. The summed E-state index contributed by atoms with van der Waals surface area (Å²) in [6.07, 6.45) is 2.80. The third-order valence-electron chi connectivity index (χ3n) is 4.21. The molecular formula is C18H13ClF2N6O. The average Bonchev–Trinajstić information content (AvgIpc) is 3.28. The number of hydrogen-bond acceptors (Lipinski definition) is 4. The monoisotopic (exact) mass is 402 g/mol. The Balaban J connectivity index is 1.94. The minimum Gasteiger partial charge on any atom is -0.364 e. The summed E-state index contributed by atoms with van der Waals surface area (Å²) in [4.78, 5) is 20.0. The first kappa shape index (κ1) is 18.1. The van der Waals surface area contributed by atoms with E-state index in [0.717, 1.165) is 0 Å². The summed E-state index contributed by atoms with van der Waals surface area (Å²) in [6.45, 7) is -0.573. The van der Waals surface area contributed by atoms with Gasteiger partial charge in [0.1, 0.15) is 23.9 Å². The number of primary amides is 1. The lowest BCUT2D eigenvalue weighted by molar-refractivity contribution is 0.0993. The normalized spacial score (nSPS) is 11.2. The van der Waals surface area contributed by atoms with Crippen LogP contribution in [-0.4, -0.2) is 36.7 Å². The first-order chi connectivity index (χ1) is 13.5. The molecule has 4 rings (SSSR count). The highest BCUT2D eigenvalue weighted by Gasteiger charge is 2.19. The minimum absolute atomic E-state index is 0.0452. The Morgan fingerprint density at radius 3 is 2.75 bits per heavy atom. The van der Waals surface area contributed by atoms with Crippen molar-refractivity contribution in [2.45, 2.75) is 6.54 Å². The molecule has 0 saturated heterocycles. The number of aryl methyl sites for hydroxylation is 1. The number of halogens is 3. The molecule has 142 valence electrons. The van der Waals surface area contributed by atoms with E-state index >= 15 is 0 Å². The van der Waals surface area contributed by atoms with E-state index in [0.29, 0.717) is 28.3 Å². The predicted molar refractivity (Wildman–Crippen MR) is 99.1 cm³/mol. The van der Waals surface area contributed by atoms with Crippen LogP contribution in [-0.2, 0) is 6.54 Å². The molecule has 0 aliphatic carbocycles. The van der Waals surface area contributed by atoms with Gasteiger partial charge in [-0.3, -0.25) is 4.79 Å². The molecule has 1 amide bonds. The summed E-state index contributed by atoms with van der Waals surface area (Å²) in [5.74, 6) is -1.24. The third kappa shape index (κ3) is 2.99. The van der Waals surface area contributed by atoms with Crippen molar-refractivity contribution in [3.05, 3.63) is 59.4 Å². The zero-order valence-electron chi connectivity index (χ0n) is 14.3. The number of rotatable bonds is 5. The molecule has 7 nitrogen and oxygen atoms in total. The first-order valence-electron chi connectivity index (χ1n) is 8.21. The summed E-state index contributed by atoms with van der Waals surface area (Å²) in [5.41, 5.74) is 7.80. The van der Waals surface area contributed by atoms with Gasteiger partial charge >= 0.3 is 0 Å². The van der Waals surface area contributed by atoms with E-state index in [2.05, 4.69) is 15.1 Å². The fraction of sp³-hybridized carbons (Fsp3) is 0.111. The Labute approximate surface area is 162 Å². The lowest BCUT2D eigenvalue weighted by atomic mass is 10.1. The smallest absolute Gasteiger partial charge is 0.269 e. The molecule has 2 N–H and O–H groups in total. The van der Waals surface area contributed by atoms with Crippen molar-refractivity contribution in [1.82, 2.24) is 24.1 Å². The van der Waals surface area contributed by atoms with Crippen molar-refractivity contribution >= 4 is 23.2 Å². The largest absolute Gasteiger partial charge is 0.364 e. The summed E-state index contributed by atoms with van der Waals surface area (Å²) < 4.78 is 29.5. The zero-order valence-corrected chi connectivity index (χ0v) is 15.1. The van der Waals surface area contributed by atoms with E-state index in [-0.39, 0.29) is 17.3 Å². The molecule has 0 fully saturated rings. The number of nitrogens with zero attached hydrogens (tertiary/aromatic N) is 5. The topological polar surface area (TPSA) is 91.1 Å². The van der Waals surface area contributed by atoms with Crippen molar-refractivity contribution < 1.29 is 13.6 Å². The van der Waals surface area contributed by atoms with Gasteiger partial charge in [0.15, 0.2) is 5.65 Å². The van der Waals surface area contributed by atoms with Crippen LogP contribution < -0.4 is 5.73 Å². The summed E-state index contributed by atoms with van der Waals surface area (Å²) >= 11 is 5.90. The molecule has 28 heavy (non-hydrogen) atoms. The number of benzene rings is 1. The number of nitrogens with two attached hydrogens (primary N) is 1. The second-order valence-corrected chi connectivity index (χ2v) is 6.36. The molecular weight excluding hydrogens is 390 g/mol. The van der Waals surface area contributed by atoms with E-state index in [9.17, 15) is 13.6 Å². The Kier molecular flexibility index (Phi) is 4.52. The van der Waals surface area contributed by atoms with Gasteiger partial charge in [-0.25, -0.2) is 23.3 Å². The number of fused-ring (bicyclic) bond motifs is 1. The Bertz CT molecular complexity index is 1200. The Morgan fingerprint density at radius 1 is 1.21 bits per heavy atom. The summed E-state index contributed by atoms with van der Waals surface area (Å²) in [5, 5.41) is 4.37. The maximum Gasteiger partial charge on any atom is 0.269 e. The first-order valence-corrected chi connectivity index (χ1v) is 8.59. The van der Waals surface area contributed by atoms with Gasteiger partial charge in [-0.1, -0.05) is 11.6 Å². The molecule has 4 aromatic rings. The Morgan fingerprint density at radius 2 is 2.04 bits per heavy atom. The van der Waals surface area contributed by atoms with Crippen LogP contribution in [0.4, 0.5) is 8.78 Å². The standard InChI is InChI=1S/C18H13ClF2N6O/c19-11-7-10(1-2-12(11)21)16-17(26(6-5-20)9-24-16)13-3-4-15-23-8-14(18(22)28)27(15)25-13/h1-4,7-9H,5-6H2,(H2,22,28). The predicted octanol–water partition coefficient (Wildman–Crippen LogP) is 3.12. The Hall–Kier alpha value is -3.33. The number of carbonyl (C=O) groups excluding carboxylic acids is 1. The van der Waals surface area contributed by atoms with E-state index < -0.39 is 18.4 Å². The van der Waals surface area contributed by atoms with E-state index in [1.165, 1.54) is 35.2 Å². The highest BCUT2D eigenvalue weighted by atomic mass is 35.5. The summed E-state index contributed by atoms with van der Waals surface area (Å²) in [6, 6.07) is 7.52. The molecule has 1 aromatic carbocycles. The molecule has 3 heterocycles. The van der Waals surface area contributed by atoms with Crippen LogP contribution >= 0.6 is 11.6 Å². The molecule has 0 unspecified atom stereocenters. The molecule has 0 spiro atoms. The molecule has 0 aliphatic heterocycles. The highest BCUT2D eigenvalue weighted by molar-refractivity contribution is 6.31. The van der Waals surface area contributed by atoms with E-state index in [1.807, 2.05) is 0 Å². The summed E-state index contributed by atoms with van der Waals surface area (Å²) in [7, 11) is 0. The molecule has 0 atom stereocenters. The third-order valence-corrected chi connectivity index (χ3v) is 4.50. The molecule has 0 radical (unpaired) electrons. The van der Waals surface area contributed by atoms with Crippen LogP contribution in [0.2, 0.25) is 5.02 Å². The zero-order chi connectivity index (χ0) is 19.8.